The van der Waals surface area contributed by atoms with Crippen LogP contribution in [0.15, 0.2) is 36.9 Å². The fourth-order valence-electron chi connectivity index (χ4n) is 3.56. The second-order valence-electron chi connectivity index (χ2n) is 9.10. The number of aliphatic carboxylic acids is 1. The van der Waals surface area contributed by atoms with Crippen LogP contribution in [0.2, 0.25) is 0 Å². The van der Waals surface area contributed by atoms with Crippen LogP contribution in [0.4, 0.5) is 19.0 Å². The van der Waals surface area contributed by atoms with E-state index >= 15 is 0 Å². The number of rotatable bonds is 12. The van der Waals surface area contributed by atoms with Gasteiger partial charge in [-0.1, -0.05) is 12.1 Å². The number of aromatic nitrogens is 4. The molecule has 3 rings (SSSR count). The van der Waals surface area contributed by atoms with Crippen LogP contribution in [0.25, 0.3) is 11.2 Å². The van der Waals surface area contributed by atoms with Gasteiger partial charge in [-0.05, 0) is 38.5 Å². The number of nitrogens with zero attached hydrogens (tertiary/aromatic N) is 4. The van der Waals surface area contributed by atoms with Crippen LogP contribution in [0.1, 0.15) is 32.4 Å². The molecule has 0 saturated carbocycles. The average molecular weight is 559 g/mol. The molecule has 3 aromatic rings. The van der Waals surface area contributed by atoms with E-state index in [1.54, 1.807) is 11.5 Å². The lowest BCUT2D eigenvalue weighted by atomic mass is 10.1. The molecule has 0 radical (unpaired) electrons. The number of nitrogen functional groups attached to an aromatic ring is 1. The first kappa shape index (κ1) is 29.3. The minimum atomic E-state index is -4.89. The molecular formula is C22H29F3N7O5P. The quantitative estimate of drug-likeness (QED) is 0.240. The molecule has 0 aliphatic rings. The summed E-state index contributed by atoms with van der Waals surface area (Å²) in [6, 6.07) is 2.75. The standard InChI is InChI=1S/C22H29F3N7O5P/c1-13(9-32-11-29-16-18(26)27-10-28-19(16)32)37-12-38(35,31-21(2,3)20(33)34)30-17(22(23,24)25)14-6-5-7-15(8-14)36-4/h5-8,10-11,13,17H,9,12H2,1-4H3,(H,33,34)(H2,26,27,28)(H2,30,31,35)/t13-,17+,38+/m1/s1. The second-order valence-corrected chi connectivity index (χ2v) is 11.3. The Morgan fingerprint density at radius 3 is 2.61 bits per heavy atom. The molecular weight excluding hydrogens is 530 g/mol. The van der Waals surface area contributed by atoms with Crippen LogP contribution in [0.3, 0.4) is 0 Å². The van der Waals surface area contributed by atoms with Crippen LogP contribution >= 0.6 is 7.44 Å². The molecule has 16 heteroatoms. The lowest BCUT2D eigenvalue weighted by Crippen LogP contribution is -2.49. The van der Waals surface area contributed by atoms with Gasteiger partial charge in [0.2, 0.25) is 7.44 Å². The van der Waals surface area contributed by atoms with Gasteiger partial charge in [0.15, 0.2) is 11.5 Å². The first-order valence-corrected chi connectivity index (χ1v) is 13.2. The highest BCUT2D eigenvalue weighted by molar-refractivity contribution is 7.59. The van der Waals surface area contributed by atoms with Crippen molar-refractivity contribution in [2.75, 3.05) is 19.2 Å². The van der Waals surface area contributed by atoms with Crippen LogP contribution in [0.5, 0.6) is 5.75 Å². The summed E-state index contributed by atoms with van der Waals surface area (Å²) in [5, 5.41) is 14.0. The maximum atomic E-state index is 14.2. The summed E-state index contributed by atoms with van der Waals surface area (Å²) < 4.78 is 68.6. The second kappa shape index (κ2) is 11.2. The molecule has 12 nitrogen and oxygen atoms in total. The zero-order valence-corrected chi connectivity index (χ0v) is 22.0. The van der Waals surface area contributed by atoms with E-state index in [0.717, 1.165) is 6.07 Å². The fourth-order valence-corrected chi connectivity index (χ4v) is 5.94. The van der Waals surface area contributed by atoms with Crippen molar-refractivity contribution in [3.05, 3.63) is 42.5 Å². The van der Waals surface area contributed by atoms with Crippen molar-refractivity contribution in [2.24, 2.45) is 0 Å². The first-order valence-electron chi connectivity index (χ1n) is 11.3. The third kappa shape index (κ3) is 6.98. The van der Waals surface area contributed by atoms with E-state index in [0.29, 0.717) is 11.2 Å². The summed E-state index contributed by atoms with van der Waals surface area (Å²) in [6.45, 7) is 4.10. The van der Waals surface area contributed by atoms with Gasteiger partial charge in [-0.25, -0.2) is 25.1 Å². The lowest BCUT2D eigenvalue weighted by molar-refractivity contribution is -0.153. The van der Waals surface area contributed by atoms with E-state index in [-0.39, 0.29) is 23.7 Å². The molecule has 0 bridgehead atoms. The van der Waals surface area contributed by atoms with Crippen LogP contribution in [-0.2, 0) is 20.6 Å². The number of methoxy groups -OCH3 is 1. The summed E-state index contributed by atoms with van der Waals surface area (Å²) in [5.41, 5.74) is 4.44. The summed E-state index contributed by atoms with van der Waals surface area (Å²) >= 11 is 0. The summed E-state index contributed by atoms with van der Waals surface area (Å²) in [5.74, 6) is -1.08. The number of carbonyl (C=O) groups is 1. The number of imidazole rings is 1. The van der Waals surface area contributed by atoms with Gasteiger partial charge in [-0.3, -0.25) is 9.36 Å². The van der Waals surface area contributed by atoms with Gasteiger partial charge >= 0.3 is 12.1 Å². The SMILES string of the molecule is COc1cccc([C@H](N[P@@](=O)(CO[C@H](C)Cn2cnc3c(N)ncnc32)NC(C)(C)C(=O)O)C(F)(F)F)c1. The molecule has 2 aromatic heterocycles. The third-order valence-electron chi connectivity index (χ3n) is 5.51. The van der Waals surface area contributed by atoms with Gasteiger partial charge in [0.05, 0.1) is 26.1 Å². The normalized spacial score (nSPS) is 15.7. The summed E-state index contributed by atoms with van der Waals surface area (Å²) in [4.78, 5) is 23.8. The highest BCUT2D eigenvalue weighted by Gasteiger charge is 2.47. The smallest absolute Gasteiger partial charge is 0.408 e. The summed E-state index contributed by atoms with van der Waals surface area (Å²) in [7, 11) is -3.07. The van der Waals surface area contributed by atoms with Crippen molar-refractivity contribution < 1.29 is 37.1 Å². The number of carboxylic acids is 1. The van der Waals surface area contributed by atoms with Gasteiger partial charge in [0, 0.05) is 0 Å². The highest BCUT2D eigenvalue weighted by Crippen LogP contribution is 2.46. The van der Waals surface area contributed by atoms with Crippen molar-refractivity contribution >= 4 is 30.4 Å². The molecule has 0 aliphatic heterocycles. The topological polar surface area (TPSA) is 167 Å². The van der Waals surface area contributed by atoms with E-state index in [9.17, 15) is 27.6 Å². The Hall–Kier alpha value is -3.26. The van der Waals surface area contributed by atoms with Crippen LogP contribution in [-0.4, -0.2) is 61.9 Å². The predicted molar refractivity (Wildman–Crippen MR) is 133 cm³/mol. The predicted octanol–water partition coefficient (Wildman–Crippen LogP) is 3.32. The Labute approximate surface area is 216 Å². The average Bonchev–Trinajstić information content (AvgIpc) is 3.24. The molecule has 0 spiro atoms. The number of nitrogens with one attached hydrogen (secondary N) is 2. The maximum absolute atomic E-state index is 14.2. The molecule has 2 heterocycles. The number of fused-ring (bicyclic) bond motifs is 1. The molecule has 38 heavy (non-hydrogen) atoms. The molecule has 3 atom stereocenters. The number of halogens is 3. The third-order valence-corrected chi connectivity index (χ3v) is 7.62. The van der Waals surface area contributed by atoms with Gasteiger partial charge in [-0.15, -0.1) is 0 Å². The Kier molecular flexibility index (Phi) is 8.66. The fraction of sp³-hybridized carbons (Fsp3) is 0.455. The minimum Gasteiger partial charge on any atom is -0.497 e. The van der Waals surface area contributed by atoms with Gasteiger partial charge < -0.3 is 24.9 Å². The number of anilines is 1. The molecule has 208 valence electrons. The van der Waals surface area contributed by atoms with E-state index in [4.69, 9.17) is 15.2 Å². The zero-order chi connectivity index (χ0) is 28.3. The largest absolute Gasteiger partial charge is 0.497 e. The van der Waals surface area contributed by atoms with Crippen LogP contribution in [0, 0.1) is 0 Å². The monoisotopic (exact) mass is 559 g/mol. The molecule has 1 aromatic carbocycles. The van der Waals surface area contributed by atoms with E-state index in [1.165, 1.54) is 51.8 Å². The van der Waals surface area contributed by atoms with Crippen molar-refractivity contribution in [3.8, 4) is 5.75 Å². The van der Waals surface area contributed by atoms with E-state index in [2.05, 4.69) is 25.1 Å². The molecule has 0 amide bonds. The van der Waals surface area contributed by atoms with Gasteiger partial charge in [0.25, 0.3) is 0 Å². The molecule has 0 fully saturated rings. The maximum Gasteiger partial charge on any atom is 0.408 e. The minimum absolute atomic E-state index is 0.133. The number of hydrogen-bond donors (Lipinski definition) is 4. The molecule has 0 saturated heterocycles. The van der Waals surface area contributed by atoms with Crippen molar-refractivity contribution in [1.82, 2.24) is 29.7 Å². The number of nitrogens with two attached hydrogens (primary N) is 1. The van der Waals surface area contributed by atoms with E-state index < -0.39 is 43.6 Å². The zero-order valence-electron chi connectivity index (χ0n) is 21.1. The number of benzene rings is 1. The van der Waals surface area contributed by atoms with Gasteiger partial charge in [0.1, 0.15) is 35.5 Å². The highest BCUT2D eigenvalue weighted by atomic mass is 31.2. The first-order chi connectivity index (χ1) is 17.6. The summed E-state index contributed by atoms with van der Waals surface area (Å²) in [6.07, 6.45) is -3.65. The number of carboxylic acid groups (broad SMARTS) is 1. The number of hydrogen-bond acceptors (Lipinski definition) is 8. The van der Waals surface area contributed by atoms with Crippen molar-refractivity contribution in [2.45, 2.75) is 51.2 Å². The van der Waals surface area contributed by atoms with Crippen molar-refractivity contribution in [1.29, 1.82) is 0 Å². The molecule has 0 unspecified atom stereocenters. The van der Waals surface area contributed by atoms with Crippen LogP contribution < -0.4 is 20.6 Å². The Balaban J connectivity index is 1.87. The number of ether oxygens (including phenoxy) is 2. The Bertz CT molecular complexity index is 1330. The van der Waals surface area contributed by atoms with Crippen molar-refractivity contribution in [3.63, 3.8) is 0 Å². The Morgan fingerprint density at radius 2 is 1.97 bits per heavy atom. The lowest BCUT2D eigenvalue weighted by Gasteiger charge is -2.33. The number of alkyl halides is 3. The Morgan fingerprint density at radius 1 is 1.26 bits per heavy atom. The van der Waals surface area contributed by atoms with Gasteiger partial charge in [-0.2, -0.15) is 13.2 Å². The molecule has 5 N–H and O–H groups in total. The van der Waals surface area contributed by atoms with E-state index in [1.807, 2.05) is 0 Å². The molecule has 0 aliphatic carbocycles.